The summed E-state index contributed by atoms with van der Waals surface area (Å²) < 4.78 is 13.5. The van der Waals surface area contributed by atoms with Gasteiger partial charge in [-0.1, -0.05) is 36.4 Å². The van der Waals surface area contributed by atoms with Gasteiger partial charge in [0, 0.05) is 37.9 Å². The molecule has 0 aliphatic rings. The predicted octanol–water partition coefficient (Wildman–Crippen LogP) is 3.61. The van der Waals surface area contributed by atoms with E-state index in [1.54, 1.807) is 19.2 Å². The number of rotatable bonds is 7. The van der Waals surface area contributed by atoms with Crippen LogP contribution in [-0.2, 0) is 6.54 Å². The highest BCUT2D eigenvalue weighted by Crippen LogP contribution is 2.05. The van der Waals surface area contributed by atoms with Crippen LogP contribution in [0, 0.1) is 5.82 Å². The molecule has 0 aliphatic carbocycles. The molecular formula is C18H24FIN4. The van der Waals surface area contributed by atoms with E-state index >= 15 is 0 Å². The Balaban J connectivity index is 0.00000288. The fourth-order valence-corrected chi connectivity index (χ4v) is 2.13. The number of anilines is 1. The second-order valence-electron chi connectivity index (χ2n) is 5.09. The molecule has 0 atom stereocenters. The Labute approximate surface area is 160 Å². The van der Waals surface area contributed by atoms with Gasteiger partial charge in [0.25, 0.3) is 0 Å². The molecule has 4 nitrogen and oxygen atoms in total. The lowest BCUT2D eigenvalue weighted by molar-refractivity contribution is 0.604. The Morgan fingerprint density at radius 2 is 1.67 bits per heavy atom. The number of benzene rings is 2. The van der Waals surface area contributed by atoms with Crippen molar-refractivity contribution >= 4 is 35.6 Å². The van der Waals surface area contributed by atoms with Crippen molar-refractivity contribution in [2.45, 2.75) is 13.0 Å². The summed E-state index contributed by atoms with van der Waals surface area (Å²) in [5.74, 6) is 0.468. The van der Waals surface area contributed by atoms with Gasteiger partial charge in [0.2, 0.25) is 0 Å². The molecular weight excluding hydrogens is 418 g/mol. The zero-order valence-corrected chi connectivity index (χ0v) is 16.1. The van der Waals surface area contributed by atoms with Crippen molar-refractivity contribution in [3.8, 4) is 0 Å². The lowest BCUT2D eigenvalue weighted by Gasteiger charge is -2.12. The smallest absolute Gasteiger partial charge is 0.191 e. The average molecular weight is 442 g/mol. The van der Waals surface area contributed by atoms with Gasteiger partial charge in [-0.2, -0.15) is 0 Å². The molecule has 2 rings (SSSR count). The molecule has 6 heteroatoms. The van der Waals surface area contributed by atoms with E-state index in [0.717, 1.165) is 25.2 Å². The molecule has 24 heavy (non-hydrogen) atoms. The highest BCUT2D eigenvalue weighted by molar-refractivity contribution is 14.0. The summed E-state index contributed by atoms with van der Waals surface area (Å²) in [4.78, 5) is 4.14. The van der Waals surface area contributed by atoms with Crippen LogP contribution in [0.4, 0.5) is 10.1 Å². The van der Waals surface area contributed by atoms with Gasteiger partial charge < -0.3 is 16.0 Å². The van der Waals surface area contributed by atoms with E-state index < -0.39 is 0 Å². The summed E-state index contributed by atoms with van der Waals surface area (Å²) in [6, 6.07) is 16.8. The summed E-state index contributed by atoms with van der Waals surface area (Å²) in [7, 11) is 1.71. The molecule has 130 valence electrons. The molecule has 0 spiro atoms. The maximum atomic E-state index is 13.5. The lowest BCUT2D eigenvalue weighted by atomic mass is 10.2. The van der Waals surface area contributed by atoms with Gasteiger partial charge in [-0.3, -0.25) is 4.99 Å². The molecule has 2 aromatic carbocycles. The first-order valence-electron chi connectivity index (χ1n) is 7.76. The molecule has 0 fully saturated rings. The number of nitrogens with zero attached hydrogens (tertiary/aromatic N) is 1. The van der Waals surface area contributed by atoms with E-state index in [1.807, 2.05) is 36.4 Å². The first kappa shape index (κ1) is 20.2. The third kappa shape index (κ3) is 7.16. The van der Waals surface area contributed by atoms with E-state index in [1.165, 1.54) is 6.07 Å². The van der Waals surface area contributed by atoms with Crippen molar-refractivity contribution in [1.82, 2.24) is 10.6 Å². The molecule has 0 amide bonds. The van der Waals surface area contributed by atoms with Gasteiger partial charge >= 0.3 is 0 Å². The molecule has 0 saturated heterocycles. The predicted molar refractivity (Wildman–Crippen MR) is 110 cm³/mol. The van der Waals surface area contributed by atoms with Gasteiger partial charge in [0.1, 0.15) is 5.82 Å². The number of para-hydroxylation sites is 1. The number of halogens is 2. The second-order valence-corrected chi connectivity index (χ2v) is 5.09. The summed E-state index contributed by atoms with van der Waals surface area (Å²) in [6.07, 6.45) is 0.954. The Morgan fingerprint density at radius 1 is 0.958 bits per heavy atom. The van der Waals surface area contributed by atoms with Crippen LogP contribution in [0.2, 0.25) is 0 Å². The first-order chi connectivity index (χ1) is 11.3. The summed E-state index contributed by atoms with van der Waals surface area (Å²) >= 11 is 0. The molecule has 0 unspecified atom stereocenters. The molecule has 0 heterocycles. The van der Waals surface area contributed by atoms with Crippen molar-refractivity contribution in [3.63, 3.8) is 0 Å². The normalized spacial score (nSPS) is 10.7. The van der Waals surface area contributed by atoms with Crippen LogP contribution in [0.5, 0.6) is 0 Å². The van der Waals surface area contributed by atoms with Crippen LogP contribution in [0.3, 0.4) is 0 Å². The maximum absolute atomic E-state index is 13.5. The van der Waals surface area contributed by atoms with Crippen molar-refractivity contribution < 1.29 is 4.39 Å². The van der Waals surface area contributed by atoms with E-state index in [9.17, 15) is 4.39 Å². The zero-order valence-electron chi connectivity index (χ0n) is 13.8. The number of nitrogens with one attached hydrogen (secondary N) is 3. The van der Waals surface area contributed by atoms with Crippen LogP contribution in [0.15, 0.2) is 59.6 Å². The van der Waals surface area contributed by atoms with Crippen molar-refractivity contribution in [2.24, 2.45) is 4.99 Å². The van der Waals surface area contributed by atoms with E-state index in [4.69, 9.17) is 0 Å². The molecule has 0 aromatic heterocycles. The Kier molecular flexibility index (Phi) is 9.83. The fraction of sp³-hybridized carbons (Fsp3) is 0.278. The lowest BCUT2D eigenvalue weighted by Crippen LogP contribution is -2.37. The standard InChI is InChI=1S/C18H23FN4.HI/c1-20-18(23-14-15-8-5-6-11-17(15)19)22-13-7-12-21-16-9-3-2-4-10-16;/h2-6,8-11,21H,7,12-14H2,1H3,(H2,20,22,23);1H. The monoisotopic (exact) mass is 442 g/mol. The zero-order chi connectivity index (χ0) is 16.3. The third-order valence-corrected chi connectivity index (χ3v) is 3.38. The molecule has 0 saturated carbocycles. The second kappa shape index (κ2) is 11.7. The van der Waals surface area contributed by atoms with Crippen LogP contribution in [0.25, 0.3) is 0 Å². The van der Waals surface area contributed by atoms with Crippen LogP contribution < -0.4 is 16.0 Å². The average Bonchev–Trinajstić information content (AvgIpc) is 2.59. The van der Waals surface area contributed by atoms with Crippen molar-refractivity contribution in [1.29, 1.82) is 0 Å². The maximum Gasteiger partial charge on any atom is 0.191 e. The number of hydrogen-bond acceptors (Lipinski definition) is 2. The Morgan fingerprint density at radius 3 is 2.38 bits per heavy atom. The minimum Gasteiger partial charge on any atom is -0.385 e. The number of guanidine groups is 1. The summed E-state index contributed by atoms with van der Waals surface area (Å²) in [5, 5.41) is 9.69. The minimum atomic E-state index is -0.206. The minimum absolute atomic E-state index is 0. The molecule has 0 aliphatic heterocycles. The number of hydrogen-bond donors (Lipinski definition) is 3. The van der Waals surface area contributed by atoms with Gasteiger partial charge in [-0.15, -0.1) is 24.0 Å². The summed E-state index contributed by atoms with van der Waals surface area (Å²) in [6.45, 7) is 2.08. The quantitative estimate of drug-likeness (QED) is 0.266. The molecule has 2 aromatic rings. The van der Waals surface area contributed by atoms with E-state index in [-0.39, 0.29) is 29.8 Å². The Bertz CT molecular complexity index is 619. The van der Waals surface area contributed by atoms with Crippen LogP contribution in [0.1, 0.15) is 12.0 Å². The van der Waals surface area contributed by atoms with Crippen LogP contribution in [-0.4, -0.2) is 26.1 Å². The summed E-state index contributed by atoms with van der Waals surface area (Å²) in [5.41, 5.74) is 1.75. The third-order valence-electron chi connectivity index (χ3n) is 3.38. The highest BCUT2D eigenvalue weighted by atomic mass is 127. The number of aliphatic imine (C=N–C) groups is 1. The van der Waals surface area contributed by atoms with Gasteiger partial charge in [0.05, 0.1) is 0 Å². The van der Waals surface area contributed by atoms with Gasteiger partial charge in [0.15, 0.2) is 5.96 Å². The first-order valence-corrected chi connectivity index (χ1v) is 7.76. The van der Waals surface area contributed by atoms with Crippen molar-refractivity contribution in [3.05, 3.63) is 66.0 Å². The van der Waals surface area contributed by atoms with E-state index in [0.29, 0.717) is 18.1 Å². The van der Waals surface area contributed by atoms with Crippen molar-refractivity contribution in [2.75, 3.05) is 25.5 Å². The van der Waals surface area contributed by atoms with E-state index in [2.05, 4.69) is 20.9 Å². The van der Waals surface area contributed by atoms with Gasteiger partial charge in [-0.05, 0) is 24.6 Å². The molecule has 0 bridgehead atoms. The topological polar surface area (TPSA) is 48.5 Å². The fourth-order valence-electron chi connectivity index (χ4n) is 2.13. The Hall–Kier alpha value is -1.83. The SMILES string of the molecule is CN=C(NCCCNc1ccccc1)NCc1ccccc1F.I. The molecule has 0 radical (unpaired) electrons. The highest BCUT2D eigenvalue weighted by Gasteiger charge is 2.02. The van der Waals surface area contributed by atoms with Gasteiger partial charge in [-0.25, -0.2) is 4.39 Å². The molecule has 3 N–H and O–H groups in total. The van der Waals surface area contributed by atoms with Crippen LogP contribution >= 0.6 is 24.0 Å². The largest absolute Gasteiger partial charge is 0.385 e.